The number of nitrogens with one attached hydrogen (secondary N) is 3. The van der Waals surface area contributed by atoms with Gasteiger partial charge in [0.2, 0.25) is 5.91 Å². The third kappa shape index (κ3) is 8.69. The minimum absolute atomic E-state index is 0. The molecule has 1 amide bonds. The number of amides is 1. The van der Waals surface area contributed by atoms with E-state index in [2.05, 4.69) is 69.1 Å². The van der Waals surface area contributed by atoms with Crippen LogP contribution in [0.5, 0.6) is 0 Å². The molecule has 0 radical (unpaired) electrons. The van der Waals surface area contributed by atoms with Gasteiger partial charge < -0.3 is 20.9 Å². The fraction of sp³-hybridized carbons (Fsp3) is 0.320. The second kappa shape index (κ2) is 14.2. The van der Waals surface area contributed by atoms with E-state index in [1.54, 1.807) is 30.2 Å². The summed E-state index contributed by atoms with van der Waals surface area (Å²) in [5.41, 5.74) is 4.29. The van der Waals surface area contributed by atoms with E-state index in [4.69, 9.17) is 0 Å². The van der Waals surface area contributed by atoms with Gasteiger partial charge in [0.25, 0.3) is 0 Å². The number of aryl methyl sites for hydroxylation is 1. The van der Waals surface area contributed by atoms with Crippen LogP contribution in [-0.4, -0.2) is 48.3 Å². The summed E-state index contributed by atoms with van der Waals surface area (Å²) < 4.78 is 1.59. The number of aliphatic imine (C=N–C) groups is 1. The zero-order chi connectivity index (χ0) is 23.5. The highest BCUT2D eigenvalue weighted by Gasteiger charge is 2.07. The number of nitrogens with zero attached hydrogens (tertiary/aromatic N) is 4. The van der Waals surface area contributed by atoms with E-state index in [1.165, 1.54) is 11.3 Å². The van der Waals surface area contributed by atoms with Gasteiger partial charge in [0.15, 0.2) is 5.96 Å². The Morgan fingerprint density at radius 1 is 1.12 bits per heavy atom. The highest BCUT2D eigenvalue weighted by Crippen LogP contribution is 2.15. The minimum Gasteiger partial charge on any atom is -0.370 e. The number of carbonyl (C=O) groups is 1. The van der Waals surface area contributed by atoms with Crippen LogP contribution < -0.4 is 20.9 Å². The second-order valence-electron chi connectivity index (χ2n) is 7.72. The van der Waals surface area contributed by atoms with Crippen LogP contribution in [0.3, 0.4) is 0 Å². The molecule has 0 fully saturated rings. The fourth-order valence-electron chi connectivity index (χ4n) is 3.51. The molecule has 0 atom stereocenters. The van der Waals surface area contributed by atoms with E-state index >= 15 is 0 Å². The van der Waals surface area contributed by atoms with E-state index in [1.807, 2.05) is 24.3 Å². The number of hydrogen-bond donors (Lipinski definition) is 3. The Kier molecular flexibility index (Phi) is 11.4. The molecule has 182 valence electrons. The van der Waals surface area contributed by atoms with Gasteiger partial charge in [-0.25, -0.2) is 0 Å². The van der Waals surface area contributed by atoms with Gasteiger partial charge in [-0.3, -0.25) is 14.5 Å². The Bertz CT molecular complexity index is 1050. The summed E-state index contributed by atoms with van der Waals surface area (Å²) >= 11 is 0. The van der Waals surface area contributed by atoms with Crippen molar-refractivity contribution in [2.75, 3.05) is 36.9 Å². The van der Waals surface area contributed by atoms with Crippen molar-refractivity contribution in [2.24, 2.45) is 4.99 Å². The lowest BCUT2D eigenvalue weighted by Crippen LogP contribution is -2.41. The van der Waals surface area contributed by atoms with Crippen molar-refractivity contribution in [3.8, 4) is 0 Å². The summed E-state index contributed by atoms with van der Waals surface area (Å²) in [5.74, 6) is 0.624. The molecule has 8 nitrogen and oxygen atoms in total. The number of guanidine groups is 1. The van der Waals surface area contributed by atoms with E-state index in [9.17, 15) is 4.79 Å². The van der Waals surface area contributed by atoms with E-state index in [0.717, 1.165) is 36.8 Å². The molecule has 0 spiro atoms. The zero-order valence-electron chi connectivity index (χ0n) is 20.0. The van der Waals surface area contributed by atoms with Crippen LogP contribution in [0.4, 0.5) is 11.4 Å². The third-order valence-electron chi connectivity index (χ3n) is 5.18. The molecular weight excluding hydrogens is 541 g/mol. The maximum Gasteiger partial charge on any atom is 0.246 e. The van der Waals surface area contributed by atoms with Crippen molar-refractivity contribution in [1.29, 1.82) is 0 Å². The maximum atomic E-state index is 12.2. The number of likely N-dealkylation sites (N-methyl/N-ethyl adjacent to an activating group) is 1. The smallest absolute Gasteiger partial charge is 0.246 e. The van der Waals surface area contributed by atoms with E-state index in [-0.39, 0.29) is 36.4 Å². The standard InChI is InChI=1S/C25H33N7O.HI/c1-4-31(23-11-5-8-20(2)16-23)15-13-27-25(26-3)28-18-21-9-6-10-22(17-21)30-24(33)19-32-14-7-12-29-32;/h5-12,14,16-17H,4,13,15,18-19H2,1-3H3,(H,30,33)(H2,26,27,28);1H. The maximum absolute atomic E-state index is 12.2. The number of aromatic nitrogens is 2. The first kappa shape index (κ1) is 27.2. The number of halogens is 1. The molecule has 9 heteroatoms. The summed E-state index contributed by atoms with van der Waals surface area (Å²) in [4.78, 5) is 18.9. The molecule has 0 aliphatic heterocycles. The number of hydrogen-bond acceptors (Lipinski definition) is 4. The summed E-state index contributed by atoms with van der Waals surface area (Å²) in [6, 6.07) is 18.1. The third-order valence-corrected chi connectivity index (χ3v) is 5.18. The van der Waals surface area contributed by atoms with E-state index in [0.29, 0.717) is 6.54 Å². The van der Waals surface area contributed by atoms with Crippen LogP contribution in [0.1, 0.15) is 18.1 Å². The Balaban J connectivity index is 0.00000408. The lowest BCUT2D eigenvalue weighted by Gasteiger charge is -2.24. The van der Waals surface area contributed by atoms with Gasteiger partial charge in [0, 0.05) is 57.0 Å². The highest BCUT2D eigenvalue weighted by molar-refractivity contribution is 14.0. The van der Waals surface area contributed by atoms with Gasteiger partial charge in [-0.1, -0.05) is 24.3 Å². The average Bonchev–Trinajstić information content (AvgIpc) is 3.32. The fourth-order valence-corrected chi connectivity index (χ4v) is 3.51. The monoisotopic (exact) mass is 575 g/mol. The molecule has 1 heterocycles. The summed E-state index contributed by atoms with van der Waals surface area (Å²) in [5, 5.41) is 13.7. The average molecular weight is 575 g/mol. The Morgan fingerprint density at radius 3 is 2.65 bits per heavy atom. The van der Waals surface area contributed by atoms with Crippen LogP contribution in [0.15, 0.2) is 72.0 Å². The Labute approximate surface area is 218 Å². The summed E-state index contributed by atoms with van der Waals surface area (Å²) in [6.07, 6.45) is 3.42. The number of carbonyl (C=O) groups excluding carboxylic acids is 1. The summed E-state index contributed by atoms with van der Waals surface area (Å²) in [6.45, 7) is 7.64. The second-order valence-corrected chi connectivity index (χ2v) is 7.72. The van der Waals surface area contributed by atoms with E-state index < -0.39 is 0 Å². The molecule has 3 aromatic rings. The first-order valence-electron chi connectivity index (χ1n) is 11.2. The largest absolute Gasteiger partial charge is 0.370 e. The van der Waals surface area contributed by atoms with Gasteiger partial charge >= 0.3 is 0 Å². The predicted octanol–water partition coefficient (Wildman–Crippen LogP) is 3.64. The molecule has 2 aromatic carbocycles. The van der Waals surface area contributed by atoms with Crippen molar-refractivity contribution in [1.82, 2.24) is 20.4 Å². The molecule has 0 saturated carbocycles. The first-order valence-corrected chi connectivity index (χ1v) is 11.2. The van der Waals surface area contributed by atoms with Crippen molar-refractivity contribution in [3.05, 3.63) is 78.1 Å². The predicted molar refractivity (Wildman–Crippen MR) is 150 cm³/mol. The van der Waals surface area contributed by atoms with Crippen LogP contribution in [0.2, 0.25) is 0 Å². The van der Waals surface area contributed by atoms with Crippen LogP contribution in [0, 0.1) is 6.92 Å². The van der Waals surface area contributed by atoms with Crippen molar-refractivity contribution in [3.63, 3.8) is 0 Å². The molecule has 0 bridgehead atoms. The SMILES string of the molecule is CCN(CCNC(=NC)NCc1cccc(NC(=O)Cn2cccn2)c1)c1cccc(C)c1.I. The lowest BCUT2D eigenvalue weighted by atomic mass is 10.2. The molecule has 0 unspecified atom stereocenters. The Morgan fingerprint density at radius 2 is 1.94 bits per heavy atom. The number of rotatable bonds is 10. The molecule has 0 saturated heterocycles. The van der Waals surface area contributed by atoms with Gasteiger partial charge in [0.05, 0.1) is 0 Å². The summed E-state index contributed by atoms with van der Waals surface area (Å²) in [7, 11) is 1.76. The molecule has 0 aliphatic rings. The van der Waals surface area contributed by atoms with Gasteiger partial charge in [-0.2, -0.15) is 5.10 Å². The lowest BCUT2D eigenvalue weighted by molar-refractivity contribution is -0.116. The van der Waals surface area contributed by atoms with Crippen LogP contribution in [-0.2, 0) is 17.9 Å². The highest BCUT2D eigenvalue weighted by atomic mass is 127. The first-order chi connectivity index (χ1) is 16.1. The van der Waals surface area contributed by atoms with Crippen LogP contribution in [0.25, 0.3) is 0 Å². The number of anilines is 2. The molecule has 3 rings (SSSR count). The van der Waals surface area contributed by atoms with Crippen molar-refractivity contribution in [2.45, 2.75) is 26.9 Å². The van der Waals surface area contributed by atoms with Gasteiger partial charge in [0.1, 0.15) is 6.54 Å². The molecule has 0 aliphatic carbocycles. The van der Waals surface area contributed by atoms with Crippen molar-refractivity contribution >= 4 is 47.2 Å². The normalized spacial score (nSPS) is 10.9. The minimum atomic E-state index is -0.115. The Hall–Kier alpha value is -3.08. The zero-order valence-corrected chi connectivity index (χ0v) is 22.3. The quantitative estimate of drug-likeness (QED) is 0.195. The van der Waals surface area contributed by atoms with Gasteiger partial charge in [-0.05, 0) is 55.3 Å². The van der Waals surface area contributed by atoms with Crippen molar-refractivity contribution < 1.29 is 4.79 Å². The molecular formula is C25H34IN7O. The molecule has 1 aromatic heterocycles. The topological polar surface area (TPSA) is 86.6 Å². The van der Waals surface area contributed by atoms with Gasteiger partial charge in [-0.15, -0.1) is 24.0 Å². The number of benzene rings is 2. The molecule has 3 N–H and O–H groups in total. The molecule has 34 heavy (non-hydrogen) atoms. The van der Waals surface area contributed by atoms with Crippen LogP contribution >= 0.6 is 24.0 Å².